The van der Waals surface area contributed by atoms with Crippen LogP contribution in [0.15, 0.2) is 72.3 Å². The summed E-state index contributed by atoms with van der Waals surface area (Å²) in [6, 6.07) is 19.6. The summed E-state index contributed by atoms with van der Waals surface area (Å²) >= 11 is 0. The van der Waals surface area contributed by atoms with Crippen LogP contribution < -0.4 is 14.2 Å². The van der Waals surface area contributed by atoms with Gasteiger partial charge in [-0.25, -0.2) is 14.6 Å². The van der Waals surface area contributed by atoms with Crippen LogP contribution in [0.4, 0.5) is 0 Å². The molecule has 3 aromatic carbocycles. The van der Waals surface area contributed by atoms with Crippen LogP contribution in [0.3, 0.4) is 0 Å². The average Bonchev–Trinajstić information content (AvgIpc) is 3.45. The molecule has 5 rings (SSSR count). The van der Waals surface area contributed by atoms with Crippen LogP contribution in [0.5, 0.6) is 17.2 Å². The van der Waals surface area contributed by atoms with Crippen LogP contribution in [0.25, 0.3) is 5.57 Å². The first-order chi connectivity index (χ1) is 17.0. The summed E-state index contributed by atoms with van der Waals surface area (Å²) in [5.41, 5.74) is 3.50. The highest BCUT2D eigenvalue weighted by Crippen LogP contribution is 2.46. The molecular weight excluding hydrogens is 452 g/mol. The molecule has 8 nitrogen and oxygen atoms in total. The normalized spacial score (nSPS) is 18.7. The van der Waals surface area contributed by atoms with Crippen LogP contribution in [0.1, 0.15) is 22.3 Å². The fourth-order valence-corrected chi connectivity index (χ4v) is 4.23. The Morgan fingerprint density at radius 2 is 1.63 bits per heavy atom. The van der Waals surface area contributed by atoms with E-state index >= 15 is 0 Å². The molecule has 1 unspecified atom stereocenters. The lowest BCUT2D eigenvalue weighted by Gasteiger charge is -2.26. The van der Waals surface area contributed by atoms with Gasteiger partial charge < -0.3 is 24.1 Å². The maximum Gasteiger partial charge on any atom is 0.342 e. The van der Waals surface area contributed by atoms with Gasteiger partial charge in [0.15, 0.2) is 11.5 Å². The van der Waals surface area contributed by atoms with E-state index in [9.17, 15) is 9.90 Å². The highest BCUT2D eigenvalue weighted by atomic mass is 17.2. The van der Waals surface area contributed by atoms with E-state index in [4.69, 9.17) is 23.8 Å². The van der Waals surface area contributed by atoms with Gasteiger partial charge in [0, 0.05) is 17.6 Å². The first kappa shape index (κ1) is 22.9. The molecule has 8 heteroatoms. The number of rotatable bonds is 8. The van der Waals surface area contributed by atoms with Crippen molar-refractivity contribution in [3.8, 4) is 17.2 Å². The first-order valence-corrected chi connectivity index (χ1v) is 11.0. The lowest BCUT2D eigenvalue weighted by molar-refractivity contribution is -0.282. The number of aliphatic hydroxyl groups is 1. The topological polar surface area (TPSA) is 92.7 Å². The molecule has 180 valence electrons. The number of benzene rings is 3. The van der Waals surface area contributed by atoms with Crippen molar-refractivity contribution in [2.24, 2.45) is 0 Å². The molecule has 0 amide bonds. The van der Waals surface area contributed by atoms with E-state index in [-0.39, 0.29) is 18.8 Å². The van der Waals surface area contributed by atoms with E-state index < -0.39 is 11.8 Å². The number of hydrogen-bond donors (Lipinski definition) is 1. The molecular formula is C27H24O8. The van der Waals surface area contributed by atoms with E-state index in [2.05, 4.69) is 4.89 Å². The van der Waals surface area contributed by atoms with Crippen molar-refractivity contribution in [2.75, 3.05) is 21.0 Å². The van der Waals surface area contributed by atoms with Crippen molar-refractivity contribution < 1.29 is 38.6 Å². The number of cyclic esters (lactones) is 1. The van der Waals surface area contributed by atoms with Gasteiger partial charge in [0.2, 0.25) is 6.79 Å². The van der Waals surface area contributed by atoms with Crippen LogP contribution in [0, 0.1) is 0 Å². The molecule has 0 aliphatic carbocycles. The summed E-state index contributed by atoms with van der Waals surface area (Å²) in [6.45, 7) is 0.420. The highest BCUT2D eigenvalue weighted by Gasteiger charge is 2.48. The quantitative estimate of drug-likeness (QED) is 0.297. The van der Waals surface area contributed by atoms with Gasteiger partial charge in [-0.15, -0.1) is 0 Å². The Morgan fingerprint density at radius 3 is 2.34 bits per heavy atom. The second-order valence-electron chi connectivity index (χ2n) is 8.11. The molecule has 1 N–H and O–H groups in total. The molecule has 2 aliphatic rings. The zero-order valence-corrected chi connectivity index (χ0v) is 19.3. The zero-order valence-electron chi connectivity index (χ0n) is 19.3. The lowest BCUT2D eigenvalue weighted by atomic mass is 9.88. The summed E-state index contributed by atoms with van der Waals surface area (Å²) in [5.74, 6) is -0.821. The van der Waals surface area contributed by atoms with Crippen molar-refractivity contribution >= 4 is 11.5 Å². The smallest absolute Gasteiger partial charge is 0.342 e. The van der Waals surface area contributed by atoms with Crippen LogP contribution in [0.2, 0.25) is 0 Å². The van der Waals surface area contributed by atoms with Crippen molar-refractivity contribution in [1.82, 2.24) is 0 Å². The third-order valence-electron chi connectivity index (χ3n) is 6.05. The SMILES string of the molecule is COOCc1ccc(CC2=C(c3ccc4c(c3)OCO4)C(=O)OC2(O)c2ccc(OC)cc2)cc1. The first-order valence-electron chi connectivity index (χ1n) is 11.0. The number of fused-ring (bicyclic) bond motifs is 1. The Balaban J connectivity index is 1.59. The molecule has 0 spiro atoms. The molecule has 35 heavy (non-hydrogen) atoms. The van der Waals surface area contributed by atoms with Crippen LogP contribution in [-0.4, -0.2) is 32.1 Å². The molecule has 0 aromatic heterocycles. The Morgan fingerprint density at radius 1 is 0.914 bits per heavy atom. The fraction of sp³-hybridized carbons (Fsp3) is 0.222. The van der Waals surface area contributed by atoms with Gasteiger partial charge in [-0.05, 0) is 53.1 Å². The largest absolute Gasteiger partial charge is 0.497 e. The van der Waals surface area contributed by atoms with E-state index in [1.54, 1.807) is 49.6 Å². The van der Waals surface area contributed by atoms with E-state index in [0.29, 0.717) is 40.6 Å². The van der Waals surface area contributed by atoms with Crippen molar-refractivity contribution in [2.45, 2.75) is 18.8 Å². The number of ether oxygens (including phenoxy) is 4. The number of carbonyl (C=O) groups is 1. The third kappa shape index (κ3) is 4.35. The molecule has 0 saturated heterocycles. The minimum atomic E-state index is -1.95. The fourth-order valence-electron chi connectivity index (χ4n) is 4.23. The van der Waals surface area contributed by atoms with Gasteiger partial charge >= 0.3 is 5.97 Å². The zero-order chi connectivity index (χ0) is 24.4. The van der Waals surface area contributed by atoms with E-state index in [1.807, 2.05) is 24.3 Å². The van der Waals surface area contributed by atoms with Gasteiger partial charge in [-0.1, -0.05) is 30.3 Å². The Labute approximate surface area is 202 Å². The van der Waals surface area contributed by atoms with Gasteiger partial charge in [0.25, 0.3) is 5.79 Å². The maximum atomic E-state index is 13.2. The van der Waals surface area contributed by atoms with Gasteiger partial charge in [-0.3, -0.25) is 0 Å². The summed E-state index contributed by atoms with van der Waals surface area (Å²) < 4.78 is 21.8. The minimum absolute atomic E-state index is 0.115. The Kier molecular flexibility index (Phi) is 6.17. The molecule has 2 heterocycles. The van der Waals surface area contributed by atoms with Crippen LogP contribution in [-0.2, 0) is 38.1 Å². The summed E-state index contributed by atoms with van der Waals surface area (Å²) in [5, 5.41) is 11.8. The predicted molar refractivity (Wildman–Crippen MR) is 124 cm³/mol. The van der Waals surface area contributed by atoms with Gasteiger partial charge in [-0.2, -0.15) is 0 Å². The Hall–Kier alpha value is -3.85. The predicted octanol–water partition coefficient (Wildman–Crippen LogP) is 3.90. The van der Waals surface area contributed by atoms with E-state index in [1.165, 1.54) is 7.11 Å². The highest BCUT2D eigenvalue weighted by molar-refractivity contribution is 6.20. The molecule has 1 atom stereocenters. The number of esters is 1. The molecule has 0 bridgehead atoms. The van der Waals surface area contributed by atoms with Crippen molar-refractivity contribution in [3.05, 3.63) is 94.6 Å². The number of carbonyl (C=O) groups excluding carboxylic acids is 1. The molecule has 2 aliphatic heterocycles. The minimum Gasteiger partial charge on any atom is -0.497 e. The molecule has 0 radical (unpaired) electrons. The standard InChI is InChI=1S/C27H24O8/c1-30-21-10-8-20(9-11-21)27(29)22(13-17-3-5-18(6-4-17)15-34-31-2)25(26(28)35-27)19-7-12-23-24(14-19)33-16-32-23/h3-12,14,29H,13,15-16H2,1-2H3. The average molecular weight is 476 g/mol. The molecule has 0 saturated carbocycles. The van der Waals surface area contributed by atoms with Crippen molar-refractivity contribution in [1.29, 1.82) is 0 Å². The summed E-state index contributed by atoms with van der Waals surface area (Å²) in [7, 11) is 3.01. The van der Waals surface area contributed by atoms with Crippen molar-refractivity contribution in [3.63, 3.8) is 0 Å². The van der Waals surface area contributed by atoms with E-state index in [0.717, 1.165) is 11.1 Å². The van der Waals surface area contributed by atoms with Crippen LogP contribution >= 0.6 is 0 Å². The number of methoxy groups -OCH3 is 1. The summed E-state index contributed by atoms with van der Waals surface area (Å²) in [6.07, 6.45) is 0.267. The van der Waals surface area contributed by atoms with Gasteiger partial charge in [0.1, 0.15) is 12.4 Å². The third-order valence-corrected chi connectivity index (χ3v) is 6.05. The van der Waals surface area contributed by atoms with Gasteiger partial charge in [0.05, 0.1) is 19.8 Å². The monoisotopic (exact) mass is 476 g/mol. The number of hydrogen-bond acceptors (Lipinski definition) is 8. The maximum absolute atomic E-state index is 13.2. The Bertz CT molecular complexity index is 1260. The summed E-state index contributed by atoms with van der Waals surface area (Å²) in [4.78, 5) is 22.8. The lowest BCUT2D eigenvalue weighted by Crippen LogP contribution is -2.29. The molecule has 0 fully saturated rings. The molecule has 3 aromatic rings. The second kappa shape index (κ2) is 9.42. The second-order valence-corrected chi connectivity index (χ2v) is 8.11.